The van der Waals surface area contributed by atoms with E-state index in [-0.39, 0.29) is 0 Å². The number of benzene rings is 1. The van der Waals surface area contributed by atoms with E-state index in [1.807, 2.05) is 18.2 Å². The Hall–Kier alpha value is -0.870. The van der Waals surface area contributed by atoms with E-state index in [1.165, 1.54) is 0 Å². The average molecular weight is 255 g/mol. The van der Waals surface area contributed by atoms with E-state index >= 15 is 0 Å². The van der Waals surface area contributed by atoms with Crippen molar-refractivity contribution in [2.24, 2.45) is 0 Å². The van der Waals surface area contributed by atoms with E-state index in [0.717, 1.165) is 41.5 Å². The van der Waals surface area contributed by atoms with Crippen LogP contribution in [0.15, 0.2) is 23.1 Å². The third kappa shape index (κ3) is 4.88. The molecule has 0 heterocycles. The van der Waals surface area contributed by atoms with Crippen LogP contribution in [0.2, 0.25) is 0 Å². The molecule has 1 rings (SSSR count). The third-order valence-corrected chi connectivity index (χ3v) is 3.40. The van der Waals surface area contributed by atoms with Gasteiger partial charge in [0.05, 0.1) is 12.3 Å². The minimum atomic E-state index is 0.710. The van der Waals surface area contributed by atoms with Crippen molar-refractivity contribution in [3.63, 3.8) is 0 Å². The van der Waals surface area contributed by atoms with Crippen LogP contribution >= 0.6 is 11.8 Å². The minimum Gasteiger partial charge on any atom is -0.491 e. The summed E-state index contributed by atoms with van der Waals surface area (Å²) in [4.78, 5) is 1.09. The number of nitrogens with two attached hydrogens (primary N) is 1. The number of methoxy groups -OCH3 is 1. The molecular formula is C13H21NO2S. The highest BCUT2D eigenvalue weighted by Crippen LogP contribution is 2.32. The van der Waals surface area contributed by atoms with E-state index in [2.05, 4.69) is 6.92 Å². The molecule has 0 aliphatic heterocycles. The maximum Gasteiger partial charge on any atom is 0.143 e. The molecule has 96 valence electrons. The molecule has 3 nitrogen and oxygen atoms in total. The molecule has 0 saturated carbocycles. The van der Waals surface area contributed by atoms with Crippen LogP contribution in [0.4, 0.5) is 5.69 Å². The number of para-hydroxylation sites is 1. The van der Waals surface area contributed by atoms with Crippen LogP contribution in [-0.2, 0) is 4.74 Å². The predicted octanol–water partition coefficient (Wildman–Crippen LogP) is 3.19. The first kappa shape index (κ1) is 14.2. The summed E-state index contributed by atoms with van der Waals surface area (Å²) >= 11 is 1.75. The van der Waals surface area contributed by atoms with Gasteiger partial charge in [0, 0.05) is 24.4 Å². The van der Waals surface area contributed by atoms with Gasteiger partial charge in [-0.2, -0.15) is 0 Å². The smallest absolute Gasteiger partial charge is 0.143 e. The van der Waals surface area contributed by atoms with E-state index in [9.17, 15) is 0 Å². The summed E-state index contributed by atoms with van der Waals surface area (Å²) in [6.45, 7) is 3.58. The molecule has 0 aromatic heterocycles. The Morgan fingerprint density at radius 2 is 2.12 bits per heavy atom. The maximum atomic E-state index is 6.06. The van der Waals surface area contributed by atoms with Gasteiger partial charge in [-0.05, 0) is 25.0 Å². The molecule has 1 aromatic rings. The monoisotopic (exact) mass is 255 g/mol. The Kier molecular flexibility index (Phi) is 6.89. The number of rotatable bonds is 8. The lowest BCUT2D eigenvalue weighted by Crippen LogP contribution is -2.00. The quantitative estimate of drug-likeness (QED) is 0.440. The zero-order valence-corrected chi connectivity index (χ0v) is 11.4. The summed E-state index contributed by atoms with van der Waals surface area (Å²) in [5.74, 6) is 1.80. The average Bonchev–Trinajstić information content (AvgIpc) is 2.35. The first-order chi connectivity index (χ1) is 8.29. The topological polar surface area (TPSA) is 44.5 Å². The molecule has 2 N–H and O–H groups in total. The van der Waals surface area contributed by atoms with Crippen molar-refractivity contribution in [2.45, 2.75) is 24.7 Å². The van der Waals surface area contributed by atoms with Crippen molar-refractivity contribution in [1.29, 1.82) is 0 Å². The summed E-state index contributed by atoms with van der Waals surface area (Å²) in [5, 5.41) is 0. The number of nitrogen functional groups attached to an aromatic ring is 1. The maximum absolute atomic E-state index is 6.06. The summed E-state index contributed by atoms with van der Waals surface area (Å²) in [6.07, 6.45) is 2.02. The minimum absolute atomic E-state index is 0.710. The molecule has 0 radical (unpaired) electrons. The number of hydrogen-bond donors (Lipinski definition) is 1. The van der Waals surface area contributed by atoms with Gasteiger partial charge in [-0.25, -0.2) is 0 Å². The zero-order chi connectivity index (χ0) is 12.5. The Bertz CT molecular complexity index is 331. The molecule has 0 spiro atoms. The van der Waals surface area contributed by atoms with Crippen molar-refractivity contribution in [3.05, 3.63) is 18.2 Å². The van der Waals surface area contributed by atoms with Crippen LogP contribution in [0, 0.1) is 0 Å². The van der Waals surface area contributed by atoms with Gasteiger partial charge in [0.25, 0.3) is 0 Å². The third-order valence-electron chi connectivity index (χ3n) is 2.24. The van der Waals surface area contributed by atoms with Gasteiger partial charge in [0.2, 0.25) is 0 Å². The molecule has 0 unspecified atom stereocenters. The van der Waals surface area contributed by atoms with E-state index in [1.54, 1.807) is 18.9 Å². The van der Waals surface area contributed by atoms with Gasteiger partial charge in [-0.1, -0.05) is 13.0 Å². The van der Waals surface area contributed by atoms with Crippen molar-refractivity contribution in [1.82, 2.24) is 0 Å². The van der Waals surface area contributed by atoms with Crippen LogP contribution in [0.3, 0.4) is 0 Å². The van der Waals surface area contributed by atoms with Crippen LogP contribution in [-0.4, -0.2) is 26.1 Å². The van der Waals surface area contributed by atoms with E-state index in [4.69, 9.17) is 15.2 Å². The van der Waals surface area contributed by atoms with E-state index < -0.39 is 0 Å². The molecule has 0 aliphatic carbocycles. The highest BCUT2D eigenvalue weighted by atomic mass is 32.2. The van der Waals surface area contributed by atoms with Gasteiger partial charge in [0.1, 0.15) is 5.75 Å². The van der Waals surface area contributed by atoms with Gasteiger partial charge in [-0.3, -0.25) is 0 Å². The fourth-order valence-corrected chi connectivity index (χ4v) is 2.29. The van der Waals surface area contributed by atoms with E-state index in [0.29, 0.717) is 6.61 Å². The second-order valence-electron chi connectivity index (χ2n) is 3.71. The molecule has 0 amide bonds. The van der Waals surface area contributed by atoms with Gasteiger partial charge < -0.3 is 15.2 Å². The molecule has 0 bridgehead atoms. The Balaban J connectivity index is 2.53. The standard InChI is InChI=1S/C13H21NO2S/c1-3-8-16-11-6-4-7-12(13(11)14)17-10-5-9-15-2/h4,6-7H,3,5,8-10,14H2,1-2H3. The number of thioether (sulfide) groups is 1. The molecule has 4 heteroatoms. The summed E-state index contributed by atoms with van der Waals surface area (Å²) in [6, 6.07) is 5.94. The highest BCUT2D eigenvalue weighted by Gasteiger charge is 2.05. The van der Waals surface area contributed by atoms with Crippen LogP contribution in [0.1, 0.15) is 19.8 Å². The summed E-state index contributed by atoms with van der Waals surface area (Å²) < 4.78 is 10.6. The number of ether oxygens (including phenoxy) is 2. The second-order valence-corrected chi connectivity index (χ2v) is 4.85. The fraction of sp³-hybridized carbons (Fsp3) is 0.538. The fourth-order valence-electron chi connectivity index (χ4n) is 1.37. The van der Waals surface area contributed by atoms with Crippen molar-refractivity contribution in [2.75, 3.05) is 31.8 Å². The van der Waals surface area contributed by atoms with Crippen LogP contribution in [0.5, 0.6) is 5.75 Å². The number of hydrogen-bond acceptors (Lipinski definition) is 4. The largest absolute Gasteiger partial charge is 0.491 e. The molecule has 0 atom stereocenters. The lowest BCUT2D eigenvalue weighted by Gasteiger charge is -2.11. The van der Waals surface area contributed by atoms with Crippen molar-refractivity contribution < 1.29 is 9.47 Å². The lowest BCUT2D eigenvalue weighted by molar-refractivity contribution is 0.200. The highest BCUT2D eigenvalue weighted by molar-refractivity contribution is 7.99. The van der Waals surface area contributed by atoms with Crippen molar-refractivity contribution in [3.8, 4) is 5.75 Å². The molecule has 0 saturated heterocycles. The summed E-state index contributed by atoms with van der Waals surface area (Å²) in [5.41, 5.74) is 6.81. The zero-order valence-electron chi connectivity index (χ0n) is 10.6. The molecule has 0 fully saturated rings. The Morgan fingerprint density at radius 1 is 1.29 bits per heavy atom. The molecule has 0 aliphatic rings. The SMILES string of the molecule is CCCOc1cccc(SCCCOC)c1N. The summed E-state index contributed by atoms with van der Waals surface area (Å²) in [7, 11) is 1.72. The second kappa shape index (κ2) is 8.25. The molecule has 17 heavy (non-hydrogen) atoms. The normalized spacial score (nSPS) is 10.5. The molecular weight excluding hydrogens is 234 g/mol. The first-order valence-corrected chi connectivity index (χ1v) is 6.91. The Labute approximate surface area is 108 Å². The Morgan fingerprint density at radius 3 is 2.82 bits per heavy atom. The number of anilines is 1. The van der Waals surface area contributed by atoms with Gasteiger partial charge >= 0.3 is 0 Å². The molecule has 1 aromatic carbocycles. The lowest BCUT2D eigenvalue weighted by atomic mass is 10.3. The van der Waals surface area contributed by atoms with Gasteiger partial charge in [0.15, 0.2) is 0 Å². The van der Waals surface area contributed by atoms with Crippen LogP contribution in [0.25, 0.3) is 0 Å². The first-order valence-electron chi connectivity index (χ1n) is 5.92. The van der Waals surface area contributed by atoms with Crippen molar-refractivity contribution >= 4 is 17.4 Å². The predicted molar refractivity (Wildman–Crippen MR) is 73.9 cm³/mol. The van der Waals surface area contributed by atoms with Crippen LogP contribution < -0.4 is 10.5 Å². The van der Waals surface area contributed by atoms with Gasteiger partial charge in [-0.15, -0.1) is 11.8 Å².